The first kappa shape index (κ1) is 35.2. The van der Waals surface area contributed by atoms with Gasteiger partial charge in [-0.15, -0.1) is 0 Å². The minimum atomic E-state index is 0.222. The molecule has 1 unspecified atom stereocenters. The molecule has 0 radical (unpaired) electrons. The van der Waals surface area contributed by atoms with Crippen molar-refractivity contribution in [1.82, 2.24) is 25.4 Å². The zero-order chi connectivity index (χ0) is 34.9. The molecule has 50 heavy (non-hydrogen) atoms. The zero-order valence-electron chi connectivity index (χ0n) is 28.2. The Bertz CT molecular complexity index is 1950. The SMILES string of the molecule is Cc1c(COc2cc(OCc3cncc(C#N)c3)c(CNCc3ccn[nH]3)cc2Cl)cccc1-c1cccc(OCC2CCCN(C)C2)c1Cl. The monoisotopic (exact) mass is 710 g/mol. The molecule has 1 atom stereocenters. The summed E-state index contributed by atoms with van der Waals surface area (Å²) >= 11 is 13.8. The van der Waals surface area contributed by atoms with Gasteiger partial charge in [0.05, 0.1) is 22.2 Å². The summed E-state index contributed by atoms with van der Waals surface area (Å²) < 4.78 is 18.9. The molecule has 11 heteroatoms. The lowest BCUT2D eigenvalue weighted by Gasteiger charge is -2.29. The van der Waals surface area contributed by atoms with Crippen LogP contribution in [-0.2, 0) is 26.3 Å². The quantitative estimate of drug-likeness (QED) is 0.119. The predicted octanol–water partition coefficient (Wildman–Crippen LogP) is 8.13. The van der Waals surface area contributed by atoms with E-state index in [2.05, 4.69) is 51.5 Å². The third kappa shape index (κ3) is 8.95. The van der Waals surface area contributed by atoms with Crippen LogP contribution in [-0.4, -0.2) is 46.8 Å². The number of rotatable bonds is 14. The van der Waals surface area contributed by atoms with E-state index >= 15 is 0 Å². The first-order chi connectivity index (χ1) is 24.4. The number of likely N-dealkylation sites (tertiary alicyclic amines) is 1. The van der Waals surface area contributed by atoms with E-state index in [0.29, 0.717) is 58.5 Å². The topological polar surface area (TPSA) is 108 Å². The van der Waals surface area contributed by atoms with E-state index in [1.54, 1.807) is 18.5 Å². The van der Waals surface area contributed by atoms with E-state index in [9.17, 15) is 5.26 Å². The average molecular weight is 712 g/mol. The maximum Gasteiger partial charge on any atom is 0.142 e. The summed E-state index contributed by atoms with van der Waals surface area (Å²) in [5.41, 5.74) is 7.05. The second-order valence-corrected chi connectivity index (χ2v) is 13.4. The zero-order valence-corrected chi connectivity index (χ0v) is 29.7. The molecular formula is C39H40Cl2N6O3. The van der Waals surface area contributed by atoms with Gasteiger partial charge in [0.25, 0.3) is 0 Å². The Morgan fingerprint density at radius 3 is 2.60 bits per heavy atom. The summed E-state index contributed by atoms with van der Waals surface area (Å²) in [4.78, 5) is 6.51. The number of hydrogen-bond acceptors (Lipinski definition) is 8. The lowest BCUT2D eigenvalue weighted by Crippen LogP contribution is -2.34. The average Bonchev–Trinajstić information content (AvgIpc) is 3.65. The number of nitrogens with one attached hydrogen (secondary N) is 2. The van der Waals surface area contributed by atoms with Gasteiger partial charge in [0.2, 0.25) is 0 Å². The van der Waals surface area contributed by atoms with Crippen molar-refractivity contribution in [3.63, 3.8) is 0 Å². The predicted molar refractivity (Wildman–Crippen MR) is 196 cm³/mol. The van der Waals surface area contributed by atoms with Crippen LogP contribution in [0, 0.1) is 24.2 Å². The summed E-state index contributed by atoms with van der Waals surface area (Å²) in [6, 6.07) is 21.5. The molecule has 6 rings (SSSR count). The number of ether oxygens (including phenoxy) is 3. The molecule has 9 nitrogen and oxygen atoms in total. The number of halogens is 2. The Morgan fingerprint density at radius 2 is 1.78 bits per heavy atom. The first-order valence-corrected chi connectivity index (χ1v) is 17.4. The molecule has 1 aliphatic heterocycles. The van der Waals surface area contributed by atoms with Gasteiger partial charge in [0, 0.05) is 72.6 Å². The third-order valence-electron chi connectivity index (χ3n) is 8.90. The van der Waals surface area contributed by atoms with Gasteiger partial charge in [-0.2, -0.15) is 10.4 Å². The van der Waals surface area contributed by atoms with Crippen molar-refractivity contribution in [2.75, 3.05) is 26.7 Å². The Labute approximate surface area is 303 Å². The van der Waals surface area contributed by atoms with Crippen LogP contribution in [0.5, 0.6) is 17.2 Å². The maximum absolute atomic E-state index is 9.30. The van der Waals surface area contributed by atoms with E-state index in [0.717, 1.165) is 52.2 Å². The molecule has 3 aromatic carbocycles. The van der Waals surface area contributed by atoms with Gasteiger partial charge in [-0.3, -0.25) is 10.1 Å². The Balaban J connectivity index is 1.18. The van der Waals surface area contributed by atoms with E-state index in [1.807, 2.05) is 48.5 Å². The van der Waals surface area contributed by atoms with Crippen molar-refractivity contribution in [2.45, 2.75) is 46.1 Å². The van der Waals surface area contributed by atoms with E-state index < -0.39 is 0 Å². The van der Waals surface area contributed by atoms with Crippen LogP contribution in [0.25, 0.3) is 11.1 Å². The molecule has 0 bridgehead atoms. The molecular weight excluding hydrogens is 671 g/mol. The van der Waals surface area contributed by atoms with E-state index in [4.69, 9.17) is 37.4 Å². The number of nitriles is 1. The molecule has 0 aliphatic carbocycles. The maximum atomic E-state index is 9.30. The van der Waals surface area contributed by atoms with Gasteiger partial charge < -0.3 is 24.4 Å². The molecule has 5 aromatic rings. The Kier molecular flexibility index (Phi) is 11.9. The van der Waals surface area contributed by atoms with Crippen LogP contribution in [0.1, 0.15) is 46.4 Å². The number of hydrogen-bond donors (Lipinski definition) is 2. The number of nitrogens with zero attached hydrogens (tertiary/aromatic N) is 4. The normalized spacial score (nSPS) is 14.7. The second-order valence-electron chi connectivity index (χ2n) is 12.6. The number of piperidine rings is 1. The lowest BCUT2D eigenvalue weighted by molar-refractivity contribution is 0.150. The Morgan fingerprint density at radius 1 is 0.940 bits per heavy atom. The molecule has 2 N–H and O–H groups in total. The first-order valence-electron chi connectivity index (χ1n) is 16.7. The fraction of sp³-hybridized carbons (Fsp3) is 0.308. The summed E-state index contributed by atoms with van der Waals surface area (Å²) in [6.45, 7) is 6.49. The van der Waals surface area contributed by atoms with Crippen LogP contribution in [0.4, 0.5) is 0 Å². The molecule has 0 saturated carbocycles. The highest BCUT2D eigenvalue weighted by molar-refractivity contribution is 6.35. The van der Waals surface area contributed by atoms with Crippen LogP contribution in [0.3, 0.4) is 0 Å². The van der Waals surface area contributed by atoms with Crippen LogP contribution in [0.2, 0.25) is 10.0 Å². The van der Waals surface area contributed by atoms with Crippen molar-refractivity contribution in [2.24, 2.45) is 5.92 Å². The Hall–Kier alpha value is -4.59. The summed E-state index contributed by atoms with van der Waals surface area (Å²) in [7, 11) is 2.16. The molecule has 2 aromatic heterocycles. The number of H-pyrrole nitrogens is 1. The van der Waals surface area contributed by atoms with Crippen LogP contribution >= 0.6 is 23.2 Å². The summed E-state index contributed by atoms with van der Waals surface area (Å²) in [6.07, 6.45) is 7.28. The lowest BCUT2D eigenvalue weighted by atomic mass is 9.96. The minimum Gasteiger partial charge on any atom is -0.492 e. The number of aromatic nitrogens is 3. The van der Waals surface area contributed by atoms with Gasteiger partial charge in [-0.1, -0.05) is 53.5 Å². The van der Waals surface area contributed by atoms with Gasteiger partial charge in [-0.05, 0) is 74.3 Å². The standard InChI is InChI=1S/C39H40Cl2N6O3/c1-26-30(7-3-8-33(26)34-9-4-10-36(39(34)41)48-23-27-6-5-13-47(2)22-27)25-50-38-16-37(49-24-29-14-28(17-42)18-43-19-29)31(15-35(38)40)20-44-21-32-11-12-45-46-32/h3-4,7-12,14-16,18-19,27,44H,5-6,13,20-25H2,1-2H3,(H,45,46). The van der Waals surface area contributed by atoms with Gasteiger partial charge in [0.1, 0.15) is 36.5 Å². The smallest absolute Gasteiger partial charge is 0.142 e. The molecule has 3 heterocycles. The molecule has 1 aliphatic rings. The second kappa shape index (κ2) is 16.9. The van der Waals surface area contributed by atoms with E-state index in [1.165, 1.54) is 19.0 Å². The van der Waals surface area contributed by atoms with Gasteiger partial charge in [-0.25, -0.2) is 0 Å². The summed E-state index contributed by atoms with van der Waals surface area (Å²) in [5, 5.41) is 20.7. The molecule has 1 fully saturated rings. The number of pyridine rings is 1. The van der Waals surface area contributed by atoms with Crippen molar-refractivity contribution in [3.8, 4) is 34.4 Å². The molecule has 258 valence electrons. The van der Waals surface area contributed by atoms with E-state index in [-0.39, 0.29) is 13.2 Å². The number of aromatic amines is 1. The fourth-order valence-corrected chi connectivity index (χ4v) is 6.72. The van der Waals surface area contributed by atoms with Crippen molar-refractivity contribution >= 4 is 23.2 Å². The van der Waals surface area contributed by atoms with Crippen LogP contribution < -0.4 is 19.5 Å². The van der Waals surface area contributed by atoms with Crippen LogP contribution in [0.15, 0.2) is 79.3 Å². The highest BCUT2D eigenvalue weighted by atomic mass is 35.5. The van der Waals surface area contributed by atoms with Crippen molar-refractivity contribution < 1.29 is 14.2 Å². The molecule has 0 spiro atoms. The number of benzene rings is 3. The largest absolute Gasteiger partial charge is 0.492 e. The fourth-order valence-electron chi connectivity index (χ4n) is 6.20. The summed E-state index contributed by atoms with van der Waals surface area (Å²) in [5.74, 6) is 2.30. The third-order valence-corrected chi connectivity index (χ3v) is 9.59. The highest BCUT2D eigenvalue weighted by Crippen LogP contribution is 2.39. The van der Waals surface area contributed by atoms with Gasteiger partial charge >= 0.3 is 0 Å². The van der Waals surface area contributed by atoms with Gasteiger partial charge in [0.15, 0.2) is 0 Å². The van der Waals surface area contributed by atoms with Crippen molar-refractivity contribution in [3.05, 3.63) is 123 Å². The minimum absolute atomic E-state index is 0.222. The van der Waals surface area contributed by atoms with Crippen molar-refractivity contribution in [1.29, 1.82) is 5.26 Å². The highest BCUT2D eigenvalue weighted by Gasteiger charge is 2.20. The molecule has 0 amide bonds. The molecule has 1 saturated heterocycles.